The van der Waals surface area contributed by atoms with Crippen molar-refractivity contribution in [2.45, 2.75) is 32.1 Å². The van der Waals surface area contributed by atoms with Crippen molar-refractivity contribution < 1.29 is 9.26 Å². The molecule has 0 bridgehead atoms. The second-order valence-electron chi connectivity index (χ2n) is 5.25. The third-order valence-corrected chi connectivity index (χ3v) is 3.45. The zero-order valence-corrected chi connectivity index (χ0v) is 11.5. The van der Waals surface area contributed by atoms with E-state index in [9.17, 15) is 0 Å². The Morgan fingerprint density at radius 1 is 1.42 bits per heavy atom. The summed E-state index contributed by atoms with van der Waals surface area (Å²) in [6, 6.07) is 2.01. The molecule has 3 rings (SSSR count). The van der Waals surface area contributed by atoms with Crippen LogP contribution in [0.3, 0.4) is 0 Å². The van der Waals surface area contributed by atoms with Crippen molar-refractivity contribution in [2.24, 2.45) is 7.05 Å². The van der Waals surface area contributed by atoms with E-state index >= 15 is 0 Å². The Labute approximate surface area is 111 Å². The molecule has 1 aliphatic heterocycles. The van der Waals surface area contributed by atoms with Crippen LogP contribution >= 0.6 is 0 Å². The van der Waals surface area contributed by atoms with Crippen LogP contribution in [0.5, 0.6) is 0 Å². The highest BCUT2D eigenvalue weighted by Crippen LogP contribution is 2.26. The van der Waals surface area contributed by atoms with Crippen molar-refractivity contribution >= 4 is 0 Å². The minimum atomic E-state index is 0.260. The van der Waals surface area contributed by atoms with Crippen molar-refractivity contribution in [2.75, 3.05) is 13.2 Å². The largest absolute Gasteiger partial charge is 0.381 e. The van der Waals surface area contributed by atoms with Crippen LogP contribution in [0.15, 0.2) is 10.6 Å². The molecule has 0 N–H and O–H groups in total. The van der Waals surface area contributed by atoms with Crippen molar-refractivity contribution in [3.63, 3.8) is 0 Å². The summed E-state index contributed by atoms with van der Waals surface area (Å²) in [6.45, 7) is 5.68. The number of hydrogen-bond acceptors (Lipinski definition) is 5. The minimum Gasteiger partial charge on any atom is -0.381 e. The van der Waals surface area contributed by atoms with Crippen molar-refractivity contribution in [1.82, 2.24) is 19.9 Å². The molecular weight excluding hydrogens is 244 g/mol. The van der Waals surface area contributed by atoms with Crippen molar-refractivity contribution in [3.05, 3.63) is 17.6 Å². The van der Waals surface area contributed by atoms with E-state index in [2.05, 4.69) is 29.1 Å². The van der Waals surface area contributed by atoms with Crippen molar-refractivity contribution in [3.8, 4) is 11.6 Å². The summed E-state index contributed by atoms with van der Waals surface area (Å²) >= 11 is 0. The van der Waals surface area contributed by atoms with Crippen LogP contribution in [0.2, 0.25) is 0 Å². The highest BCUT2D eigenvalue weighted by atomic mass is 16.5. The lowest BCUT2D eigenvalue weighted by Crippen LogP contribution is -2.00. The Balaban J connectivity index is 1.89. The lowest BCUT2D eigenvalue weighted by molar-refractivity contribution is 0.192. The van der Waals surface area contributed by atoms with E-state index in [1.165, 1.54) is 0 Å². The first-order chi connectivity index (χ1) is 9.15. The number of hydrogen-bond donors (Lipinski definition) is 0. The number of aryl methyl sites for hydroxylation is 1. The number of nitrogens with zero attached hydrogens (tertiary/aromatic N) is 4. The molecule has 0 amide bonds. The highest BCUT2D eigenvalue weighted by Gasteiger charge is 2.24. The smallest absolute Gasteiger partial charge is 0.276 e. The summed E-state index contributed by atoms with van der Waals surface area (Å²) in [5.74, 6) is 1.91. The monoisotopic (exact) mass is 262 g/mol. The summed E-state index contributed by atoms with van der Waals surface area (Å²) in [7, 11) is 1.89. The lowest BCUT2D eigenvalue weighted by atomic mass is 10.1. The van der Waals surface area contributed by atoms with Gasteiger partial charge in [0.2, 0.25) is 0 Å². The van der Waals surface area contributed by atoms with Gasteiger partial charge in [-0.2, -0.15) is 10.1 Å². The zero-order valence-electron chi connectivity index (χ0n) is 11.5. The fourth-order valence-electron chi connectivity index (χ4n) is 2.21. The van der Waals surface area contributed by atoms with Crippen LogP contribution in [0.1, 0.15) is 43.6 Å². The molecule has 1 fully saturated rings. The molecule has 2 aromatic heterocycles. The van der Waals surface area contributed by atoms with Crippen LogP contribution in [0.4, 0.5) is 0 Å². The van der Waals surface area contributed by atoms with Crippen LogP contribution in [0, 0.1) is 0 Å². The van der Waals surface area contributed by atoms with E-state index in [0.717, 1.165) is 30.2 Å². The Hall–Kier alpha value is -1.69. The van der Waals surface area contributed by atoms with Gasteiger partial charge in [-0.05, 0) is 18.4 Å². The summed E-state index contributed by atoms with van der Waals surface area (Å²) in [5, 5.41) is 8.52. The second-order valence-corrected chi connectivity index (χ2v) is 5.25. The molecule has 0 radical (unpaired) electrons. The van der Waals surface area contributed by atoms with Gasteiger partial charge in [-0.25, -0.2) is 0 Å². The molecule has 3 heterocycles. The van der Waals surface area contributed by atoms with Gasteiger partial charge in [-0.3, -0.25) is 4.68 Å². The van der Waals surface area contributed by atoms with Gasteiger partial charge in [-0.1, -0.05) is 19.0 Å². The first kappa shape index (κ1) is 12.3. The van der Waals surface area contributed by atoms with E-state index in [0.29, 0.717) is 18.4 Å². The topological polar surface area (TPSA) is 66.0 Å². The van der Waals surface area contributed by atoms with Gasteiger partial charge in [-0.15, -0.1) is 0 Å². The standard InChI is InChI=1S/C13H18N4O2/c1-8(2)10-6-11(17(3)15-10)13-14-12(16-19-13)9-4-5-18-7-9/h6,8-9H,4-5,7H2,1-3H3/t9-/m0/s1. The summed E-state index contributed by atoms with van der Waals surface area (Å²) in [6.07, 6.45) is 0.960. The van der Waals surface area contributed by atoms with Gasteiger partial charge in [0.05, 0.1) is 12.3 Å². The average molecular weight is 262 g/mol. The zero-order chi connectivity index (χ0) is 13.4. The third-order valence-electron chi connectivity index (χ3n) is 3.45. The number of rotatable bonds is 3. The normalized spacial score (nSPS) is 19.5. The van der Waals surface area contributed by atoms with E-state index in [1.807, 2.05) is 13.1 Å². The summed E-state index contributed by atoms with van der Waals surface area (Å²) in [4.78, 5) is 4.48. The Bertz CT molecular complexity index is 567. The molecule has 1 saturated heterocycles. The Kier molecular flexibility index (Phi) is 3.10. The molecule has 6 nitrogen and oxygen atoms in total. The maximum absolute atomic E-state index is 5.36. The number of aromatic nitrogens is 4. The average Bonchev–Trinajstić information content (AvgIpc) is 3.07. The Morgan fingerprint density at radius 3 is 2.89 bits per heavy atom. The fourth-order valence-corrected chi connectivity index (χ4v) is 2.21. The number of ether oxygens (including phenoxy) is 1. The van der Waals surface area contributed by atoms with Gasteiger partial charge in [0.25, 0.3) is 5.89 Å². The first-order valence-electron chi connectivity index (χ1n) is 6.61. The van der Waals surface area contributed by atoms with E-state index in [1.54, 1.807) is 4.68 Å². The highest BCUT2D eigenvalue weighted by molar-refractivity contribution is 5.48. The molecule has 6 heteroatoms. The molecule has 0 spiro atoms. The minimum absolute atomic E-state index is 0.260. The lowest BCUT2D eigenvalue weighted by Gasteiger charge is -1.97. The van der Waals surface area contributed by atoms with Crippen LogP contribution in [0.25, 0.3) is 11.6 Å². The molecule has 0 aromatic carbocycles. The molecule has 2 aromatic rings. The van der Waals surface area contributed by atoms with Gasteiger partial charge in [0.15, 0.2) is 5.82 Å². The molecule has 0 aliphatic carbocycles. The molecule has 1 atom stereocenters. The van der Waals surface area contributed by atoms with Gasteiger partial charge in [0.1, 0.15) is 5.69 Å². The predicted octanol–water partition coefficient (Wildman–Crippen LogP) is 2.10. The van der Waals surface area contributed by atoms with Gasteiger partial charge in [0, 0.05) is 19.6 Å². The third kappa shape index (κ3) is 2.28. The fraction of sp³-hybridized carbons (Fsp3) is 0.615. The maximum Gasteiger partial charge on any atom is 0.276 e. The molecule has 1 aliphatic rings. The predicted molar refractivity (Wildman–Crippen MR) is 68.8 cm³/mol. The molecule has 0 saturated carbocycles. The van der Waals surface area contributed by atoms with Crippen LogP contribution < -0.4 is 0 Å². The summed E-state index contributed by atoms with van der Waals surface area (Å²) < 4.78 is 12.5. The first-order valence-corrected chi connectivity index (χ1v) is 6.61. The van der Waals surface area contributed by atoms with Gasteiger partial charge < -0.3 is 9.26 Å². The second kappa shape index (κ2) is 4.77. The van der Waals surface area contributed by atoms with Crippen LogP contribution in [-0.2, 0) is 11.8 Å². The van der Waals surface area contributed by atoms with Crippen LogP contribution in [-0.4, -0.2) is 33.1 Å². The van der Waals surface area contributed by atoms with E-state index < -0.39 is 0 Å². The van der Waals surface area contributed by atoms with Gasteiger partial charge >= 0.3 is 0 Å². The van der Waals surface area contributed by atoms with Crippen molar-refractivity contribution in [1.29, 1.82) is 0 Å². The maximum atomic E-state index is 5.36. The molecular formula is C13H18N4O2. The quantitative estimate of drug-likeness (QED) is 0.847. The molecule has 19 heavy (non-hydrogen) atoms. The SMILES string of the molecule is CC(C)c1cc(-c2nc([C@H]3CCOC3)no2)n(C)n1. The molecule has 102 valence electrons. The summed E-state index contributed by atoms with van der Waals surface area (Å²) in [5.41, 5.74) is 1.89. The van der Waals surface area contributed by atoms with E-state index in [4.69, 9.17) is 9.26 Å². The Morgan fingerprint density at radius 2 is 2.26 bits per heavy atom. The van der Waals surface area contributed by atoms with E-state index in [-0.39, 0.29) is 5.92 Å². The molecule has 0 unspecified atom stereocenters.